The van der Waals surface area contributed by atoms with Gasteiger partial charge in [-0.05, 0) is 61.7 Å². The van der Waals surface area contributed by atoms with Gasteiger partial charge in [-0.1, -0.05) is 0 Å². The molecule has 1 amide bonds. The predicted molar refractivity (Wildman–Crippen MR) is 98.5 cm³/mol. The zero-order chi connectivity index (χ0) is 18.5. The first-order valence-electron chi connectivity index (χ1n) is 8.43. The molecule has 2 atom stereocenters. The number of amides is 1. The van der Waals surface area contributed by atoms with Gasteiger partial charge in [0.2, 0.25) is 0 Å². The van der Waals surface area contributed by atoms with E-state index in [1.807, 2.05) is 34.6 Å². The summed E-state index contributed by atoms with van der Waals surface area (Å²) >= 11 is 3.45. The highest BCUT2D eigenvalue weighted by Crippen LogP contribution is 2.47. The highest BCUT2D eigenvalue weighted by atomic mass is 79.9. The molecule has 3 rings (SSSR count). The van der Waals surface area contributed by atoms with Gasteiger partial charge in [-0.15, -0.1) is 0 Å². The van der Waals surface area contributed by atoms with Crippen molar-refractivity contribution in [3.05, 3.63) is 21.3 Å². The minimum absolute atomic E-state index is 0.179. The molecule has 7 heteroatoms. The van der Waals surface area contributed by atoms with Crippen molar-refractivity contribution >= 4 is 27.8 Å². The van der Waals surface area contributed by atoms with Gasteiger partial charge >= 0.3 is 6.09 Å². The Hall–Kier alpha value is -1.81. The molecule has 2 fully saturated rings. The third-order valence-corrected chi connectivity index (χ3v) is 5.91. The summed E-state index contributed by atoms with van der Waals surface area (Å²) in [6, 6.07) is 2.33. The number of anilines is 1. The lowest BCUT2D eigenvalue weighted by Gasteiger charge is -2.25. The molecule has 6 nitrogen and oxygen atoms in total. The lowest BCUT2D eigenvalue weighted by Crippen LogP contribution is -2.38. The van der Waals surface area contributed by atoms with E-state index in [2.05, 4.69) is 37.2 Å². The van der Waals surface area contributed by atoms with E-state index in [0.717, 1.165) is 34.5 Å². The molecule has 0 radical (unpaired) electrons. The van der Waals surface area contributed by atoms with Crippen molar-refractivity contribution in [2.24, 2.45) is 11.8 Å². The summed E-state index contributed by atoms with van der Waals surface area (Å²) in [5.41, 5.74) is 2.07. The molecule has 25 heavy (non-hydrogen) atoms. The number of nitriles is 1. The summed E-state index contributed by atoms with van der Waals surface area (Å²) in [4.78, 5) is 18.7. The van der Waals surface area contributed by atoms with E-state index in [1.165, 1.54) is 0 Å². The molecular weight excluding hydrogens is 384 g/mol. The van der Waals surface area contributed by atoms with Crippen LogP contribution in [0.4, 0.5) is 10.6 Å². The van der Waals surface area contributed by atoms with Crippen molar-refractivity contribution in [3.63, 3.8) is 0 Å². The molecule has 1 aromatic rings. The first kappa shape index (κ1) is 18.0. The first-order valence-corrected chi connectivity index (χ1v) is 9.23. The normalized spacial score (nSPS) is 24.5. The zero-order valence-electron chi connectivity index (χ0n) is 15.2. The quantitative estimate of drug-likeness (QED) is 0.814. The number of pyridine rings is 1. The van der Waals surface area contributed by atoms with Crippen molar-refractivity contribution in [2.75, 3.05) is 18.0 Å². The van der Waals surface area contributed by atoms with Crippen LogP contribution in [0, 0.1) is 37.0 Å². The van der Waals surface area contributed by atoms with Crippen LogP contribution in [-0.4, -0.2) is 35.8 Å². The molecule has 2 heterocycles. The van der Waals surface area contributed by atoms with Crippen molar-refractivity contribution < 1.29 is 9.53 Å². The second-order valence-electron chi connectivity index (χ2n) is 7.86. The highest BCUT2D eigenvalue weighted by Gasteiger charge is 2.57. The van der Waals surface area contributed by atoms with Crippen molar-refractivity contribution in [1.82, 2.24) is 10.3 Å². The monoisotopic (exact) mass is 406 g/mol. The Morgan fingerprint density at radius 2 is 1.92 bits per heavy atom. The second-order valence-corrected chi connectivity index (χ2v) is 8.66. The Kier molecular flexibility index (Phi) is 4.44. The molecule has 0 spiro atoms. The van der Waals surface area contributed by atoms with Gasteiger partial charge in [0, 0.05) is 31.0 Å². The number of piperidine rings is 1. The number of nitrogens with zero attached hydrogens (tertiary/aromatic N) is 3. The van der Waals surface area contributed by atoms with Gasteiger partial charge in [0.25, 0.3) is 0 Å². The maximum Gasteiger partial charge on any atom is 0.407 e. The Morgan fingerprint density at radius 3 is 2.44 bits per heavy atom. The van der Waals surface area contributed by atoms with Gasteiger partial charge in [-0.25, -0.2) is 9.78 Å². The Balaban J connectivity index is 1.65. The van der Waals surface area contributed by atoms with E-state index in [1.54, 1.807) is 0 Å². The molecule has 0 aromatic carbocycles. The standard InChI is InChI=1S/C18H23BrN4O2/c1-9-10(2)16(21-13(6-20)14(9)19)23-7-11-12(8-23)15(11)22-17(24)25-18(3,4)5/h11-12,15H,7-8H2,1-5H3,(H,22,24). The van der Waals surface area contributed by atoms with Crippen LogP contribution in [0.1, 0.15) is 37.6 Å². The minimum atomic E-state index is -0.482. The fraction of sp³-hybridized carbons (Fsp3) is 0.611. The topological polar surface area (TPSA) is 78.2 Å². The summed E-state index contributed by atoms with van der Waals surface area (Å²) in [6.45, 7) is 11.3. The average molecular weight is 407 g/mol. The van der Waals surface area contributed by atoms with E-state index in [0.29, 0.717) is 17.5 Å². The van der Waals surface area contributed by atoms with Crippen LogP contribution in [0.3, 0.4) is 0 Å². The van der Waals surface area contributed by atoms with Crippen LogP contribution in [0.25, 0.3) is 0 Å². The predicted octanol–water partition coefficient (Wildman–Crippen LogP) is 3.29. The number of hydrogen-bond donors (Lipinski definition) is 1. The van der Waals surface area contributed by atoms with Gasteiger partial charge in [-0.3, -0.25) is 0 Å². The van der Waals surface area contributed by atoms with Crippen LogP contribution in [0.5, 0.6) is 0 Å². The number of ether oxygens (including phenoxy) is 1. The molecular formula is C18H23BrN4O2. The highest BCUT2D eigenvalue weighted by molar-refractivity contribution is 9.10. The van der Waals surface area contributed by atoms with Gasteiger partial charge in [0.05, 0.1) is 4.47 Å². The van der Waals surface area contributed by atoms with E-state index >= 15 is 0 Å². The molecule has 1 N–H and O–H groups in total. The smallest absolute Gasteiger partial charge is 0.407 e. The summed E-state index contributed by atoms with van der Waals surface area (Å²) in [5.74, 6) is 1.71. The van der Waals surface area contributed by atoms with Crippen LogP contribution in [0.2, 0.25) is 0 Å². The van der Waals surface area contributed by atoms with Crippen molar-refractivity contribution in [3.8, 4) is 6.07 Å². The number of rotatable bonds is 2. The van der Waals surface area contributed by atoms with Crippen LogP contribution in [-0.2, 0) is 4.74 Å². The van der Waals surface area contributed by atoms with Crippen LogP contribution in [0.15, 0.2) is 4.47 Å². The summed E-state index contributed by atoms with van der Waals surface area (Å²) < 4.78 is 6.09. The summed E-state index contributed by atoms with van der Waals surface area (Å²) in [6.07, 6.45) is -0.348. The van der Waals surface area contributed by atoms with Gasteiger partial charge in [0.1, 0.15) is 17.5 Å². The molecule has 1 saturated heterocycles. The molecule has 0 bridgehead atoms. The number of aromatic nitrogens is 1. The molecule has 1 aliphatic carbocycles. The molecule has 2 unspecified atom stereocenters. The fourth-order valence-corrected chi connectivity index (χ4v) is 3.96. The molecule has 1 aliphatic heterocycles. The Bertz CT molecular complexity index is 754. The maximum absolute atomic E-state index is 11.9. The summed E-state index contributed by atoms with van der Waals surface area (Å²) in [5, 5.41) is 12.2. The first-order chi connectivity index (χ1) is 11.6. The van der Waals surface area contributed by atoms with Crippen molar-refractivity contribution in [1.29, 1.82) is 5.26 Å². The van der Waals surface area contributed by atoms with Gasteiger partial charge in [-0.2, -0.15) is 5.26 Å². The van der Waals surface area contributed by atoms with E-state index in [-0.39, 0.29) is 12.1 Å². The number of carbonyl (C=O) groups excluding carboxylic acids is 1. The van der Waals surface area contributed by atoms with Crippen molar-refractivity contribution in [2.45, 2.75) is 46.3 Å². The number of carbonyl (C=O) groups is 1. The van der Waals surface area contributed by atoms with E-state index in [9.17, 15) is 10.1 Å². The third kappa shape index (κ3) is 3.45. The Morgan fingerprint density at radius 1 is 1.32 bits per heavy atom. The van der Waals surface area contributed by atoms with E-state index < -0.39 is 5.60 Å². The number of nitrogens with one attached hydrogen (secondary N) is 1. The fourth-order valence-electron chi connectivity index (χ4n) is 3.49. The SMILES string of the molecule is Cc1c(N2CC3C(C2)C3NC(=O)OC(C)(C)C)nc(C#N)c(Br)c1C. The lowest BCUT2D eigenvalue weighted by molar-refractivity contribution is 0.0518. The minimum Gasteiger partial charge on any atom is -0.444 e. The molecule has 134 valence electrons. The lowest BCUT2D eigenvalue weighted by atomic mass is 10.1. The Labute approximate surface area is 156 Å². The molecule has 1 aromatic heterocycles. The number of halogens is 1. The number of alkyl carbamates (subject to hydrolysis) is 1. The molecule has 2 aliphatic rings. The second kappa shape index (κ2) is 6.17. The molecule has 1 saturated carbocycles. The van der Waals surface area contributed by atoms with Gasteiger partial charge in [0.15, 0.2) is 5.69 Å². The van der Waals surface area contributed by atoms with Crippen LogP contribution < -0.4 is 10.2 Å². The zero-order valence-corrected chi connectivity index (χ0v) is 16.8. The number of fused-ring (bicyclic) bond motifs is 1. The van der Waals surface area contributed by atoms with E-state index in [4.69, 9.17) is 4.74 Å². The maximum atomic E-state index is 11.9. The summed E-state index contributed by atoms with van der Waals surface area (Å²) in [7, 11) is 0. The third-order valence-electron chi connectivity index (χ3n) is 4.94. The van der Waals surface area contributed by atoms with Crippen LogP contribution >= 0.6 is 15.9 Å². The average Bonchev–Trinajstić information content (AvgIpc) is 2.94. The van der Waals surface area contributed by atoms with Gasteiger partial charge < -0.3 is 15.0 Å². The number of hydrogen-bond acceptors (Lipinski definition) is 5. The largest absolute Gasteiger partial charge is 0.444 e.